The fourth-order valence-electron chi connectivity index (χ4n) is 4.07. The standard InChI is InChI=1S/C20H27N3O2/c1-22(14-17-5-2-3-9-21-17)18-13-20(25-16-18)7-10-23(11-8-20)15-19-6-4-12-24-19/h2-6,9,12,18H,7-8,10-11,13-16H2,1H3. The van der Waals surface area contributed by atoms with Crippen LogP contribution in [0, 0.1) is 0 Å². The van der Waals surface area contributed by atoms with Gasteiger partial charge in [0.1, 0.15) is 5.76 Å². The molecular formula is C20H27N3O2. The monoisotopic (exact) mass is 341 g/mol. The summed E-state index contributed by atoms with van der Waals surface area (Å²) in [6, 6.07) is 10.6. The molecule has 1 atom stereocenters. The second-order valence-electron chi connectivity index (χ2n) is 7.44. The molecule has 5 heteroatoms. The molecule has 2 aromatic heterocycles. The molecule has 4 rings (SSSR count). The summed E-state index contributed by atoms with van der Waals surface area (Å²) in [5.74, 6) is 1.05. The van der Waals surface area contributed by atoms with Gasteiger partial charge < -0.3 is 9.15 Å². The average molecular weight is 341 g/mol. The average Bonchev–Trinajstić information content (AvgIpc) is 3.29. The van der Waals surface area contributed by atoms with Crippen LogP contribution in [0.4, 0.5) is 0 Å². The SMILES string of the molecule is CN(Cc1ccccn1)C1COC2(CCN(Cc3ccco3)CC2)C1. The number of hydrogen-bond donors (Lipinski definition) is 0. The lowest BCUT2D eigenvalue weighted by Crippen LogP contribution is -2.44. The molecule has 0 saturated carbocycles. The minimum atomic E-state index is 0.0721. The van der Waals surface area contributed by atoms with E-state index in [2.05, 4.69) is 40.0 Å². The van der Waals surface area contributed by atoms with E-state index < -0.39 is 0 Å². The highest BCUT2D eigenvalue weighted by Crippen LogP contribution is 2.37. The topological polar surface area (TPSA) is 41.7 Å². The van der Waals surface area contributed by atoms with Gasteiger partial charge in [-0.25, -0.2) is 0 Å². The maximum Gasteiger partial charge on any atom is 0.117 e. The maximum absolute atomic E-state index is 6.32. The second kappa shape index (κ2) is 7.28. The van der Waals surface area contributed by atoms with Crippen LogP contribution in [0.5, 0.6) is 0 Å². The van der Waals surface area contributed by atoms with Crippen molar-refractivity contribution >= 4 is 0 Å². The molecule has 134 valence electrons. The summed E-state index contributed by atoms with van der Waals surface area (Å²) in [5, 5.41) is 0. The molecule has 2 aromatic rings. The highest BCUT2D eigenvalue weighted by Gasteiger charge is 2.43. The summed E-state index contributed by atoms with van der Waals surface area (Å²) in [7, 11) is 2.19. The summed E-state index contributed by atoms with van der Waals surface area (Å²) in [6.07, 6.45) is 6.97. The normalized spacial score (nSPS) is 23.5. The van der Waals surface area contributed by atoms with Crippen molar-refractivity contribution in [3.8, 4) is 0 Å². The van der Waals surface area contributed by atoms with E-state index in [0.717, 1.165) is 63.5 Å². The molecule has 2 fully saturated rings. The van der Waals surface area contributed by atoms with Crippen LogP contribution in [0.2, 0.25) is 0 Å². The first kappa shape index (κ1) is 16.8. The molecule has 0 bridgehead atoms. The fraction of sp³-hybridized carbons (Fsp3) is 0.550. The van der Waals surface area contributed by atoms with Crippen molar-refractivity contribution in [2.24, 2.45) is 0 Å². The lowest BCUT2D eigenvalue weighted by Gasteiger charge is -2.38. The molecule has 0 radical (unpaired) electrons. The van der Waals surface area contributed by atoms with E-state index in [1.165, 1.54) is 0 Å². The summed E-state index contributed by atoms with van der Waals surface area (Å²) < 4.78 is 11.8. The molecule has 2 aliphatic heterocycles. The van der Waals surface area contributed by atoms with Gasteiger partial charge in [-0.15, -0.1) is 0 Å². The van der Waals surface area contributed by atoms with Gasteiger partial charge in [-0.1, -0.05) is 6.07 Å². The van der Waals surface area contributed by atoms with Crippen molar-refractivity contribution in [3.05, 3.63) is 54.2 Å². The van der Waals surface area contributed by atoms with Crippen molar-refractivity contribution in [2.75, 3.05) is 26.7 Å². The Labute approximate surface area is 149 Å². The molecule has 1 spiro atoms. The number of likely N-dealkylation sites (tertiary alicyclic amines) is 1. The first-order valence-corrected chi connectivity index (χ1v) is 9.21. The molecule has 0 aromatic carbocycles. The maximum atomic E-state index is 6.32. The molecule has 0 aliphatic carbocycles. The zero-order valence-electron chi connectivity index (χ0n) is 14.9. The van der Waals surface area contributed by atoms with Gasteiger partial charge in [0.15, 0.2) is 0 Å². The Morgan fingerprint density at radius 1 is 1.24 bits per heavy atom. The van der Waals surface area contributed by atoms with E-state index in [4.69, 9.17) is 9.15 Å². The Hall–Kier alpha value is -1.69. The van der Waals surface area contributed by atoms with Gasteiger partial charge in [-0.2, -0.15) is 0 Å². The Bertz CT molecular complexity index is 651. The zero-order valence-corrected chi connectivity index (χ0v) is 14.9. The Morgan fingerprint density at radius 3 is 2.84 bits per heavy atom. The largest absolute Gasteiger partial charge is 0.468 e. The van der Waals surface area contributed by atoms with Crippen molar-refractivity contribution < 1.29 is 9.15 Å². The van der Waals surface area contributed by atoms with Gasteiger partial charge in [0.2, 0.25) is 0 Å². The predicted molar refractivity (Wildman–Crippen MR) is 96.0 cm³/mol. The van der Waals surface area contributed by atoms with Gasteiger partial charge in [0.25, 0.3) is 0 Å². The highest BCUT2D eigenvalue weighted by molar-refractivity contribution is 5.05. The van der Waals surface area contributed by atoms with E-state index in [1.807, 2.05) is 18.3 Å². The number of pyridine rings is 1. The number of piperidine rings is 1. The van der Waals surface area contributed by atoms with Crippen molar-refractivity contribution in [1.29, 1.82) is 0 Å². The number of rotatable bonds is 5. The van der Waals surface area contributed by atoms with Crippen LogP contribution in [0.3, 0.4) is 0 Å². The molecule has 1 unspecified atom stereocenters. The lowest BCUT2D eigenvalue weighted by molar-refractivity contribution is -0.0461. The van der Waals surface area contributed by atoms with Crippen LogP contribution in [0.1, 0.15) is 30.7 Å². The summed E-state index contributed by atoms with van der Waals surface area (Å²) in [4.78, 5) is 9.31. The van der Waals surface area contributed by atoms with E-state index in [0.29, 0.717) is 6.04 Å². The van der Waals surface area contributed by atoms with E-state index in [1.54, 1.807) is 6.26 Å². The number of ether oxygens (including phenoxy) is 1. The van der Waals surface area contributed by atoms with E-state index in [9.17, 15) is 0 Å². The van der Waals surface area contributed by atoms with Crippen molar-refractivity contribution in [3.63, 3.8) is 0 Å². The van der Waals surface area contributed by atoms with Crippen LogP contribution < -0.4 is 0 Å². The van der Waals surface area contributed by atoms with Crippen LogP contribution >= 0.6 is 0 Å². The third-order valence-corrected chi connectivity index (χ3v) is 5.68. The van der Waals surface area contributed by atoms with Crippen LogP contribution in [-0.4, -0.2) is 53.2 Å². The lowest BCUT2D eigenvalue weighted by atomic mass is 9.87. The highest BCUT2D eigenvalue weighted by atomic mass is 16.5. The van der Waals surface area contributed by atoms with E-state index in [-0.39, 0.29) is 5.60 Å². The molecule has 0 N–H and O–H groups in total. The van der Waals surface area contributed by atoms with Crippen LogP contribution in [0.25, 0.3) is 0 Å². The predicted octanol–water partition coefficient (Wildman–Crippen LogP) is 2.93. The van der Waals surface area contributed by atoms with Gasteiger partial charge in [-0.3, -0.25) is 14.8 Å². The summed E-state index contributed by atoms with van der Waals surface area (Å²) in [5.41, 5.74) is 1.20. The number of aromatic nitrogens is 1. The minimum Gasteiger partial charge on any atom is -0.468 e. The third kappa shape index (κ3) is 3.94. The number of hydrogen-bond acceptors (Lipinski definition) is 5. The number of furan rings is 1. The first-order chi connectivity index (χ1) is 12.2. The molecule has 4 heterocycles. The smallest absolute Gasteiger partial charge is 0.117 e. The zero-order chi connectivity index (χ0) is 17.1. The van der Waals surface area contributed by atoms with Gasteiger partial charge >= 0.3 is 0 Å². The van der Waals surface area contributed by atoms with Crippen LogP contribution in [-0.2, 0) is 17.8 Å². The minimum absolute atomic E-state index is 0.0721. The van der Waals surface area contributed by atoms with Gasteiger partial charge in [0.05, 0.1) is 30.7 Å². The summed E-state index contributed by atoms with van der Waals surface area (Å²) >= 11 is 0. The molecule has 25 heavy (non-hydrogen) atoms. The molecule has 5 nitrogen and oxygen atoms in total. The molecule has 2 saturated heterocycles. The summed E-state index contributed by atoms with van der Waals surface area (Å²) in [6.45, 7) is 4.79. The molecule has 2 aliphatic rings. The van der Waals surface area contributed by atoms with Gasteiger partial charge in [-0.05, 0) is 50.6 Å². The number of likely N-dealkylation sites (N-methyl/N-ethyl adjacent to an activating group) is 1. The van der Waals surface area contributed by atoms with Crippen molar-refractivity contribution in [1.82, 2.24) is 14.8 Å². The Kier molecular flexibility index (Phi) is 4.88. The molecule has 0 amide bonds. The van der Waals surface area contributed by atoms with Gasteiger partial charge in [0, 0.05) is 31.9 Å². The first-order valence-electron chi connectivity index (χ1n) is 9.21. The third-order valence-electron chi connectivity index (χ3n) is 5.68. The van der Waals surface area contributed by atoms with E-state index >= 15 is 0 Å². The fourth-order valence-corrected chi connectivity index (χ4v) is 4.07. The molecular weight excluding hydrogens is 314 g/mol. The number of nitrogens with zero attached hydrogens (tertiary/aromatic N) is 3. The van der Waals surface area contributed by atoms with Crippen LogP contribution in [0.15, 0.2) is 47.2 Å². The Morgan fingerprint density at radius 2 is 2.12 bits per heavy atom. The second-order valence-corrected chi connectivity index (χ2v) is 7.44. The quantitative estimate of drug-likeness (QED) is 0.836. The Balaban J connectivity index is 1.28. The van der Waals surface area contributed by atoms with Crippen molar-refractivity contribution in [2.45, 2.75) is 44.0 Å².